The Labute approximate surface area is 157 Å². The normalized spacial score (nSPS) is 17.9. The number of amides is 1. The lowest BCUT2D eigenvalue weighted by Crippen LogP contribution is -2.39. The molecule has 1 aromatic carbocycles. The van der Waals surface area contributed by atoms with E-state index in [9.17, 15) is 22.4 Å². The monoisotopic (exact) mass is 392 g/mol. The number of aromatic nitrogens is 3. The van der Waals surface area contributed by atoms with E-state index in [-0.39, 0.29) is 11.8 Å². The molecule has 3 heterocycles. The number of alkyl halides is 3. The highest BCUT2D eigenvalue weighted by molar-refractivity contribution is 5.94. The van der Waals surface area contributed by atoms with Gasteiger partial charge in [-0.1, -0.05) is 0 Å². The minimum absolute atomic E-state index is 0.239. The van der Waals surface area contributed by atoms with Gasteiger partial charge in [0.25, 0.3) is 5.91 Å². The van der Waals surface area contributed by atoms with Gasteiger partial charge in [0.1, 0.15) is 11.6 Å². The van der Waals surface area contributed by atoms with Crippen molar-refractivity contribution in [1.29, 1.82) is 0 Å². The molecule has 3 aromatic rings. The first-order chi connectivity index (χ1) is 13.3. The van der Waals surface area contributed by atoms with Gasteiger partial charge >= 0.3 is 6.18 Å². The molecule has 4 rings (SSSR count). The van der Waals surface area contributed by atoms with Gasteiger partial charge in [0.05, 0.1) is 5.56 Å². The Morgan fingerprint density at radius 1 is 1.07 bits per heavy atom. The number of hydrogen-bond acceptors (Lipinski definition) is 3. The third-order valence-electron chi connectivity index (χ3n) is 4.92. The number of likely N-dealkylation sites (tertiary alicyclic amines) is 1. The van der Waals surface area contributed by atoms with Gasteiger partial charge < -0.3 is 4.90 Å². The number of fused-ring (bicyclic) bond motifs is 1. The van der Waals surface area contributed by atoms with Crippen molar-refractivity contribution in [3.8, 4) is 0 Å². The molecule has 1 fully saturated rings. The Balaban J connectivity index is 1.61. The van der Waals surface area contributed by atoms with Gasteiger partial charge in [-0.15, -0.1) is 10.2 Å². The summed E-state index contributed by atoms with van der Waals surface area (Å²) in [5.74, 6) is -0.507. The van der Waals surface area contributed by atoms with E-state index in [0.717, 1.165) is 12.3 Å². The first kappa shape index (κ1) is 18.4. The quantitative estimate of drug-likeness (QED) is 0.622. The van der Waals surface area contributed by atoms with Crippen molar-refractivity contribution in [3.63, 3.8) is 0 Å². The SMILES string of the molecule is O=C(c1ccc(F)cc1)N1CCCC(c2nnc3ccc(C(F)(F)F)cn23)C1. The second-order valence-electron chi connectivity index (χ2n) is 6.80. The van der Waals surface area contributed by atoms with E-state index in [4.69, 9.17) is 0 Å². The first-order valence-electron chi connectivity index (χ1n) is 8.79. The minimum atomic E-state index is -4.47. The number of hydrogen-bond donors (Lipinski definition) is 0. The van der Waals surface area contributed by atoms with E-state index in [1.165, 1.54) is 34.7 Å². The van der Waals surface area contributed by atoms with Crippen LogP contribution in [0.3, 0.4) is 0 Å². The van der Waals surface area contributed by atoms with E-state index in [0.29, 0.717) is 43.0 Å². The van der Waals surface area contributed by atoms with Crippen LogP contribution in [0.25, 0.3) is 5.65 Å². The van der Waals surface area contributed by atoms with Crippen LogP contribution in [0, 0.1) is 5.82 Å². The summed E-state index contributed by atoms with van der Waals surface area (Å²) in [6.45, 7) is 0.838. The maximum absolute atomic E-state index is 13.1. The Kier molecular flexibility index (Phi) is 4.52. The lowest BCUT2D eigenvalue weighted by molar-refractivity contribution is -0.137. The molecule has 1 atom stereocenters. The van der Waals surface area contributed by atoms with Crippen LogP contribution in [0.15, 0.2) is 42.6 Å². The lowest BCUT2D eigenvalue weighted by atomic mass is 9.96. The molecule has 0 N–H and O–H groups in total. The van der Waals surface area contributed by atoms with E-state index in [2.05, 4.69) is 10.2 Å². The van der Waals surface area contributed by atoms with Crippen LogP contribution in [0.5, 0.6) is 0 Å². The molecule has 9 heteroatoms. The summed E-state index contributed by atoms with van der Waals surface area (Å²) in [6, 6.07) is 7.54. The molecule has 146 valence electrons. The largest absolute Gasteiger partial charge is 0.417 e. The predicted molar refractivity (Wildman–Crippen MR) is 92.3 cm³/mol. The molecule has 0 radical (unpaired) electrons. The number of nitrogens with zero attached hydrogens (tertiary/aromatic N) is 4. The number of piperidine rings is 1. The fraction of sp³-hybridized carbons (Fsp3) is 0.316. The number of halogens is 4. The molecule has 1 unspecified atom stereocenters. The molecule has 1 saturated heterocycles. The summed E-state index contributed by atoms with van der Waals surface area (Å²) in [5.41, 5.74) is -0.0893. The molecule has 1 aliphatic heterocycles. The number of rotatable bonds is 2. The van der Waals surface area contributed by atoms with Gasteiger partial charge in [0, 0.05) is 30.8 Å². The molecule has 0 bridgehead atoms. The summed E-state index contributed by atoms with van der Waals surface area (Å²) in [7, 11) is 0. The molecule has 0 spiro atoms. The average Bonchev–Trinajstić information content (AvgIpc) is 3.11. The van der Waals surface area contributed by atoms with Crippen LogP contribution in [-0.4, -0.2) is 38.5 Å². The number of benzene rings is 1. The molecule has 1 amide bonds. The molecule has 0 aliphatic carbocycles. The number of carbonyl (C=O) groups is 1. The van der Waals surface area contributed by atoms with Crippen LogP contribution in [0.2, 0.25) is 0 Å². The van der Waals surface area contributed by atoms with Gasteiger partial charge in [-0.2, -0.15) is 13.2 Å². The van der Waals surface area contributed by atoms with Crippen molar-refractivity contribution in [1.82, 2.24) is 19.5 Å². The third-order valence-corrected chi connectivity index (χ3v) is 4.92. The topological polar surface area (TPSA) is 50.5 Å². The van der Waals surface area contributed by atoms with Crippen LogP contribution >= 0.6 is 0 Å². The van der Waals surface area contributed by atoms with Gasteiger partial charge in [-0.05, 0) is 49.2 Å². The summed E-state index contributed by atoms with van der Waals surface area (Å²) in [6.07, 6.45) is -2.10. The van der Waals surface area contributed by atoms with Gasteiger partial charge in [-0.3, -0.25) is 9.20 Å². The number of carbonyl (C=O) groups excluding carboxylic acids is 1. The molecular weight excluding hydrogens is 376 g/mol. The van der Waals surface area contributed by atoms with E-state index in [1.807, 2.05) is 0 Å². The Morgan fingerprint density at radius 3 is 2.54 bits per heavy atom. The second kappa shape index (κ2) is 6.88. The smallest absolute Gasteiger partial charge is 0.338 e. The van der Waals surface area contributed by atoms with Crippen molar-refractivity contribution in [3.05, 3.63) is 65.4 Å². The third kappa shape index (κ3) is 3.44. The van der Waals surface area contributed by atoms with Gasteiger partial charge in [0.15, 0.2) is 5.65 Å². The average molecular weight is 392 g/mol. The summed E-state index contributed by atoms with van der Waals surface area (Å²) < 4.78 is 53.6. The van der Waals surface area contributed by atoms with E-state index >= 15 is 0 Å². The number of pyridine rings is 1. The predicted octanol–water partition coefficient (Wildman–Crippen LogP) is 3.91. The minimum Gasteiger partial charge on any atom is -0.338 e. The molecule has 2 aromatic heterocycles. The molecule has 28 heavy (non-hydrogen) atoms. The van der Waals surface area contributed by atoms with Crippen molar-refractivity contribution < 1.29 is 22.4 Å². The second-order valence-corrected chi connectivity index (χ2v) is 6.80. The Hall–Kier alpha value is -2.97. The zero-order valence-corrected chi connectivity index (χ0v) is 14.7. The highest BCUT2D eigenvalue weighted by Crippen LogP contribution is 2.31. The standard InChI is InChI=1S/C19H16F4N4O/c20-15-6-3-12(4-7-15)18(28)26-9-1-2-13(10-26)17-25-24-16-8-5-14(11-27(16)17)19(21,22)23/h3-8,11,13H,1-2,9-10H2. The summed E-state index contributed by atoms with van der Waals surface area (Å²) >= 11 is 0. The highest BCUT2D eigenvalue weighted by Gasteiger charge is 2.33. The fourth-order valence-electron chi connectivity index (χ4n) is 3.50. The van der Waals surface area contributed by atoms with Crippen molar-refractivity contribution in [2.45, 2.75) is 24.9 Å². The molecule has 0 saturated carbocycles. The molecule has 1 aliphatic rings. The van der Waals surface area contributed by atoms with Crippen molar-refractivity contribution >= 4 is 11.6 Å². The van der Waals surface area contributed by atoms with E-state index < -0.39 is 17.6 Å². The maximum atomic E-state index is 13.1. The van der Waals surface area contributed by atoms with Crippen LogP contribution in [0.4, 0.5) is 17.6 Å². The van der Waals surface area contributed by atoms with Crippen molar-refractivity contribution in [2.75, 3.05) is 13.1 Å². The Bertz CT molecular complexity index is 1010. The van der Waals surface area contributed by atoms with Crippen LogP contribution in [-0.2, 0) is 6.18 Å². The zero-order chi connectivity index (χ0) is 19.9. The van der Waals surface area contributed by atoms with E-state index in [1.54, 1.807) is 4.90 Å². The lowest BCUT2D eigenvalue weighted by Gasteiger charge is -2.32. The summed E-state index contributed by atoms with van der Waals surface area (Å²) in [5, 5.41) is 8.03. The fourth-order valence-corrected chi connectivity index (χ4v) is 3.50. The zero-order valence-electron chi connectivity index (χ0n) is 14.7. The maximum Gasteiger partial charge on any atom is 0.417 e. The molecular formula is C19H16F4N4O. The van der Waals surface area contributed by atoms with Gasteiger partial charge in [-0.25, -0.2) is 4.39 Å². The van der Waals surface area contributed by atoms with Gasteiger partial charge in [0.2, 0.25) is 0 Å². The Morgan fingerprint density at radius 2 is 1.82 bits per heavy atom. The van der Waals surface area contributed by atoms with Crippen LogP contribution in [0.1, 0.15) is 40.5 Å². The van der Waals surface area contributed by atoms with Crippen LogP contribution < -0.4 is 0 Å². The van der Waals surface area contributed by atoms with Crippen molar-refractivity contribution in [2.24, 2.45) is 0 Å². The highest BCUT2D eigenvalue weighted by atomic mass is 19.4. The summed E-state index contributed by atoms with van der Waals surface area (Å²) in [4.78, 5) is 14.3. The molecule has 5 nitrogen and oxygen atoms in total. The first-order valence-corrected chi connectivity index (χ1v) is 8.79.